The third-order valence-corrected chi connectivity index (χ3v) is 4.85. The van der Waals surface area contributed by atoms with Crippen molar-refractivity contribution in [2.24, 2.45) is 7.05 Å². The maximum absolute atomic E-state index is 13.4. The summed E-state index contributed by atoms with van der Waals surface area (Å²) in [6.07, 6.45) is 0.577. The van der Waals surface area contributed by atoms with E-state index >= 15 is 0 Å². The Labute approximate surface area is 167 Å². The molecule has 2 N–H and O–H groups in total. The molecule has 3 aromatic rings. The SMILES string of the molecule is Cn1nc(C(=O)Nc2ccccc2)c2c1CCN(C(=O)Nc1cccc(F)c1)C2. The summed E-state index contributed by atoms with van der Waals surface area (Å²) in [6.45, 7) is 0.731. The van der Waals surface area contributed by atoms with Crippen molar-refractivity contribution in [2.45, 2.75) is 13.0 Å². The number of halogens is 1. The number of carbonyl (C=O) groups excluding carboxylic acids is 2. The first kappa shape index (κ1) is 18.7. The lowest BCUT2D eigenvalue weighted by Crippen LogP contribution is -2.39. The summed E-state index contributed by atoms with van der Waals surface area (Å²) in [5, 5.41) is 9.91. The first-order valence-corrected chi connectivity index (χ1v) is 9.24. The molecule has 0 aliphatic carbocycles. The number of hydrogen-bond acceptors (Lipinski definition) is 3. The van der Waals surface area contributed by atoms with Crippen molar-refractivity contribution in [3.8, 4) is 0 Å². The average Bonchev–Trinajstić information content (AvgIpc) is 3.05. The van der Waals surface area contributed by atoms with Crippen molar-refractivity contribution in [1.82, 2.24) is 14.7 Å². The van der Waals surface area contributed by atoms with Gasteiger partial charge >= 0.3 is 6.03 Å². The summed E-state index contributed by atoms with van der Waals surface area (Å²) < 4.78 is 15.1. The van der Waals surface area contributed by atoms with E-state index in [1.807, 2.05) is 18.2 Å². The third kappa shape index (κ3) is 3.96. The lowest BCUT2D eigenvalue weighted by atomic mass is 10.0. The fourth-order valence-electron chi connectivity index (χ4n) is 3.43. The highest BCUT2D eigenvalue weighted by atomic mass is 19.1. The smallest absolute Gasteiger partial charge is 0.321 e. The number of urea groups is 1. The standard InChI is InChI=1S/C21H20FN5O2/c1-26-18-10-11-27(21(29)24-16-9-5-6-14(22)12-16)13-17(18)19(25-26)20(28)23-15-7-3-2-4-8-15/h2-9,12H,10-11,13H2,1H3,(H,23,28)(H,24,29). The summed E-state index contributed by atoms with van der Waals surface area (Å²) in [5.41, 5.74) is 3.01. The Morgan fingerprint density at radius 3 is 2.55 bits per heavy atom. The van der Waals surface area contributed by atoms with Gasteiger partial charge in [-0.15, -0.1) is 0 Å². The summed E-state index contributed by atoms with van der Waals surface area (Å²) in [6, 6.07) is 14.5. The maximum atomic E-state index is 13.4. The molecule has 0 spiro atoms. The number of fused-ring (bicyclic) bond motifs is 1. The number of para-hydroxylation sites is 1. The van der Waals surface area contributed by atoms with Crippen LogP contribution in [0.5, 0.6) is 0 Å². The summed E-state index contributed by atoms with van der Waals surface area (Å²) in [7, 11) is 1.79. The molecule has 0 atom stereocenters. The van der Waals surface area contributed by atoms with Crippen molar-refractivity contribution in [3.63, 3.8) is 0 Å². The van der Waals surface area contributed by atoms with Gasteiger partial charge in [0.05, 0.1) is 6.54 Å². The van der Waals surface area contributed by atoms with Crippen LogP contribution in [0, 0.1) is 5.82 Å². The minimum Gasteiger partial charge on any atom is -0.321 e. The van der Waals surface area contributed by atoms with Gasteiger partial charge in [-0.25, -0.2) is 9.18 Å². The minimum atomic E-state index is -0.421. The minimum absolute atomic E-state index is 0.252. The molecule has 7 nitrogen and oxygen atoms in total. The van der Waals surface area contributed by atoms with Crippen molar-refractivity contribution in [2.75, 3.05) is 17.2 Å². The molecule has 0 saturated heterocycles. The Hall–Kier alpha value is -3.68. The number of nitrogens with zero attached hydrogens (tertiary/aromatic N) is 3. The number of anilines is 2. The molecule has 2 aromatic carbocycles. The van der Waals surface area contributed by atoms with E-state index in [-0.39, 0.29) is 18.5 Å². The summed E-state index contributed by atoms with van der Waals surface area (Å²) in [5.74, 6) is -0.740. The second-order valence-electron chi connectivity index (χ2n) is 6.83. The number of hydrogen-bond donors (Lipinski definition) is 2. The van der Waals surface area contributed by atoms with Crippen LogP contribution in [0.2, 0.25) is 0 Å². The van der Waals surface area contributed by atoms with Crippen LogP contribution in [-0.4, -0.2) is 33.2 Å². The van der Waals surface area contributed by atoms with Gasteiger partial charge in [0.2, 0.25) is 0 Å². The molecular formula is C21H20FN5O2. The van der Waals surface area contributed by atoms with Crippen LogP contribution in [0.15, 0.2) is 54.6 Å². The van der Waals surface area contributed by atoms with Crippen molar-refractivity contribution >= 4 is 23.3 Å². The van der Waals surface area contributed by atoms with E-state index in [2.05, 4.69) is 15.7 Å². The summed E-state index contributed by atoms with van der Waals surface area (Å²) >= 11 is 0. The van der Waals surface area contributed by atoms with Crippen LogP contribution in [0.4, 0.5) is 20.6 Å². The van der Waals surface area contributed by atoms with Crippen molar-refractivity contribution in [1.29, 1.82) is 0 Å². The summed E-state index contributed by atoms with van der Waals surface area (Å²) in [4.78, 5) is 27.0. The lowest BCUT2D eigenvalue weighted by Gasteiger charge is -2.27. The Bertz CT molecular complexity index is 1060. The molecular weight excluding hydrogens is 373 g/mol. The van der Waals surface area contributed by atoms with Gasteiger partial charge in [0.15, 0.2) is 5.69 Å². The largest absolute Gasteiger partial charge is 0.322 e. The van der Waals surface area contributed by atoms with E-state index in [4.69, 9.17) is 0 Å². The number of rotatable bonds is 3. The first-order chi connectivity index (χ1) is 14.0. The van der Waals surface area contributed by atoms with E-state index in [0.717, 1.165) is 11.3 Å². The van der Waals surface area contributed by atoms with Gasteiger partial charge < -0.3 is 15.5 Å². The lowest BCUT2D eigenvalue weighted by molar-refractivity contribution is 0.101. The molecule has 4 rings (SSSR count). The number of carbonyl (C=O) groups is 2. The Balaban J connectivity index is 1.52. The van der Waals surface area contributed by atoms with Crippen LogP contribution in [0.3, 0.4) is 0 Å². The molecule has 3 amide bonds. The van der Waals surface area contributed by atoms with E-state index in [1.165, 1.54) is 18.2 Å². The molecule has 0 radical (unpaired) electrons. The van der Waals surface area contributed by atoms with Crippen LogP contribution < -0.4 is 10.6 Å². The number of aromatic nitrogens is 2. The van der Waals surface area contributed by atoms with Crippen molar-refractivity contribution in [3.05, 3.63) is 77.4 Å². The molecule has 8 heteroatoms. The van der Waals surface area contributed by atoms with Gasteiger partial charge in [0, 0.05) is 42.6 Å². The highest BCUT2D eigenvalue weighted by molar-refractivity contribution is 6.04. The monoisotopic (exact) mass is 393 g/mol. The molecule has 1 aliphatic heterocycles. The van der Waals surface area contributed by atoms with Gasteiger partial charge in [0.1, 0.15) is 5.82 Å². The normalized spacial score (nSPS) is 13.0. The Morgan fingerprint density at radius 1 is 1.03 bits per heavy atom. The molecule has 0 unspecified atom stereocenters. The zero-order valence-corrected chi connectivity index (χ0v) is 15.9. The van der Waals surface area contributed by atoms with Gasteiger partial charge in [-0.1, -0.05) is 24.3 Å². The van der Waals surface area contributed by atoms with E-state index in [9.17, 15) is 14.0 Å². The number of benzene rings is 2. The van der Waals surface area contributed by atoms with Crippen LogP contribution in [0.1, 0.15) is 21.7 Å². The topological polar surface area (TPSA) is 79.3 Å². The Morgan fingerprint density at radius 2 is 1.79 bits per heavy atom. The highest BCUT2D eigenvalue weighted by Crippen LogP contribution is 2.24. The quantitative estimate of drug-likeness (QED) is 0.716. The van der Waals surface area contributed by atoms with E-state index < -0.39 is 5.82 Å². The number of aryl methyl sites for hydroxylation is 1. The first-order valence-electron chi connectivity index (χ1n) is 9.24. The van der Waals surface area contributed by atoms with Crippen LogP contribution in [0.25, 0.3) is 0 Å². The molecule has 1 aliphatic rings. The predicted molar refractivity (Wildman–Crippen MR) is 107 cm³/mol. The third-order valence-electron chi connectivity index (χ3n) is 4.85. The van der Waals surface area contributed by atoms with Gasteiger partial charge in [-0.05, 0) is 30.3 Å². The molecule has 0 saturated carbocycles. The number of amides is 3. The second-order valence-corrected chi connectivity index (χ2v) is 6.83. The second kappa shape index (κ2) is 7.75. The highest BCUT2D eigenvalue weighted by Gasteiger charge is 2.29. The molecule has 2 heterocycles. The zero-order valence-electron chi connectivity index (χ0n) is 15.9. The molecule has 29 heavy (non-hydrogen) atoms. The van der Waals surface area contributed by atoms with E-state index in [1.54, 1.807) is 34.8 Å². The van der Waals surface area contributed by atoms with Gasteiger partial charge in [-0.2, -0.15) is 5.10 Å². The van der Waals surface area contributed by atoms with Gasteiger partial charge in [0.25, 0.3) is 5.91 Å². The molecule has 0 fully saturated rings. The fraction of sp³-hybridized carbons (Fsp3) is 0.190. The van der Waals surface area contributed by atoms with E-state index in [0.29, 0.717) is 30.0 Å². The fourth-order valence-corrected chi connectivity index (χ4v) is 3.43. The van der Waals surface area contributed by atoms with Crippen LogP contribution >= 0.6 is 0 Å². The molecule has 0 bridgehead atoms. The predicted octanol–water partition coefficient (Wildman–Crippen LogP) is 3.40. The molecule has 1 aromatic heterocycles. The van der Waals surface area contributed by atoms with Crippen LogP contribution in [-0.2, 0) is 20.0 Å². The Kier molecular flexibility index (Phi) is 4.99. The maximum Gasteiger partial charge on any atom is 0.322 e. The molecule has 148 valence electrons. The van der Waals surface area contributed by atoms with Gasteiger partial charge in [-0.3, -0.25) is 9.48 Å². The average molecular weight is 393 g/mol. The zero-order chi connectivity index (χ0) is 20.4. The van der Waals surface area contributed by atoms with Crippen molar-refractivity contribution < 1.29 is 14.0 Å². The number of nitrogens with one attached hydrogen (secondary N) is 2.